The molecule has 0 fully saturated rings. The van der Waals surface area contributed by atoms with E-state index < -0.39 is 11.9 Å². The molecule has 1 aromatic heterocycles. The molecular formula is C8H8O3S. The van der Waals surface area contributed by atoms with Crippen LogP contribution in [0.2, 0.25) is 0 Å². The van der Waals surface area contributed by atoms with Crippen LogP contribution >= 0.6 is 11.3 Å². The number of carbonyl (C=O) groups is 2. The standard InChI is InChI=1S/C8H8O3S/c1-6(9)11-8(10)4-7-2-3-12-5-7/h2-3,5H,4H2,1H3. The molecule has 0 aliphatic rings. The molecule has 0 saturated carbocycles. The van der Waals surface area contributed by atoms with Crippen LogP contribution in [-0.4, -0.2) is 11.9 Å². The van der Waals surface area contributed by atoms with E-state index in [2.05, 4.69) is 4.74 Å². The molecule has 1 rings (SSSR count). The molecule has 0 aromatic carbocycles. The van der Waals surface area contributed by atoms with Gasteiger partial charge in [-0.2, -0.15) is 11.3 Å². The lowest BCUT2D eigenvalue weighted by molar-refractivity contribution is -0.157. The number of thiophene rings is 1. The Kier molecular flexibility index (Phi) is 2.99. The lowest BCUT2D eigenvalue weighted by Gasteiger charge is -1.96. The molecule has 0 atom stereocenters. The lowest BCUT2D eigenvalue weighted by atomic mass is 10.2. The monoisotopic (exact) mass is 184 g/mol. The molecule has 3 nitrogen and oxygen atoms in total. The predicted molar refractivity (Wildman–Crippen MR) is 44.8 cm³/mol. The summed E-state index contributed by atoms with van der Waals surface area (Å²) in [5.74, 6) is -1.06. The third-order valence-corrected chi connectivity index (χ3v) is 1.92. The number of carbonyl (C=O) groups excluding carboxylic acids is 2. The van der Waals surface area contributed by atoms with Crippen molar-refractivity contribution < 1.29 is 14.3 Å². The third kappa shape index (κ3) is 2.84. The zero-order valence-electron chi connectivity index (χ0n) is 6.57. The number of rotatable bonds is 2. The number of hydrogen-bond acceptors (Lipinski definition) is 4. The summed E-state index contributed by atoms with van der Waals surface area (Å²) in [6.45, 7) is 1.21. The van der Waals surface area contributed by atoms with Gasteiger partial charge < -0.3 is 4.74 Å². The first kappa shape index (κ1) is 8.93. The molecular weight excluding hydrogens is 176 g/mol. The maximum atomic E-state index is 10.9. The number of esters is 2. The van der Waals surface area contributed by atoms with Gasteiger partial charge in [0.1, 0.15) is 0 Å². The summed E-state index contributed by atoms with van der Waals surface area (Å²) in [6.07, 6.45) is 0.170. The highest BCUT2D eigenvalue weighted by molar-refractivity contribution is 7.07. The van der Waals surface area contributed by atoms with E-state index in [4.69, 9.17) is 0 Å². The summed E-state index contributed by atoms with van der Waals surface area (Å²) in [4.78, 5) is 21.2. The minimum atomic E-state index is -0.560. The molecule has 0 saturated heterocycles. The van der Waals surface area contributed by atoms with E-state index in [9.17, 15) is 9.59 Å². The summed E-state index contributed by atoms with van der Waals surface area (Å²) in [6, 6.07) is 1.83. The molecule has 0 N–H and O–H groups in total. The van der Waals surface area contributed by atoms with Crippen LogP contribution in [0, 0.1) is 0 Å². The number of ether oxygens (including phenoxy) is 1. The summed E-state index contributed by atoms with van der Waals surface area (Å²) in [5.41, 5.74) is 0.881. The highest BCUT2D eigenvalue weighted by Crippen LogP contribution is 2.06. The highest BCUT2D eigenvalue weighted by atomic mass is 32.1. The van der Waals surface area contributed by atoms with Crippen LogP contribution in [-0.2, 0) is 20.7 Å². The second-order valence-corrected chi connectivity index (χ2v) is 3.05. The molecule has 1 heterocycles. The van der Waals surface area contributed by atoms with E-state index in [1.807, 2.05) is 16.8 Å². The predicted octanol–water partition coefficient (Wildman–Crippen LogP) is 1.38. The molecule has 0 bridgehead atoms. The molecule has 0 spiro atoms. The Bertz CT molecular complexity index is 277. The molecule has 0 unspecified atom stereocenters. The van der Waals surface area contributed by atoms with E-state index in [0.29, 0.717) is 0 Å². The summed E-state index contributed by atoms with van der Waals surface area (Å²) >= 11 is 1.51. The normalized spacial score (nSPS) is 9.42. The topological polar surface area (TPSA) is 43.4 Å². The van der Waals surface area contributed by atoms with Gasteiger partial charge in [0, 0.05) is 6.92 Å². The summed E-state index contributed by atoms with van der Waals surface area (Å²) in [5, 5.41) is 3.72. The van der Waals surface area contributed by atoms with Gasteiger partial charge in [-0.1, -0.05) is 0 Å². The third-order valence-electron chi connectivity index (χ3n) is 1.19. The van der Waals surface area contributed by atoms with Gasteiger partial charge in [-0.05, 0) is 22.4 Å². The lowest BCUT2D eigenvalue weighted by Crippen LogP contribution is -2.10. The van der Waals surface area contributed by atoms with Gasteiger partial charge in [-0.3, -0.25) is 9.59 Å². The van der Waals surface area contributed by atoms with E-state index in [1.54, 1.807) is 0 Å². The Morgan fingerprint density at radius 1 is 1.58 bits per heavy atom. The van der Waals surface area contributed by atoms with Crippen molar-refractivity contribution in [2.45, 2.75) is 13.3 Å². The smallest absolute Gasteiger partial charge is 0.317 e. The maximum Gasteiger partial charge on any atom is 0.317 e. The van der Waals surface area contributed by atoms with Gasteiger partial charge in [0.15, 0.2) is 0 Å². The average Bonchev–Trinajstić information content (AvgIpc) is 2.37. The van der Waals surface area contributed by atoms with Gasteiger partial charge in [0.2, 0.25) is 0 Å². The zero-order chi connectivity index (χ0) is 8.97. The van der Waals surface area contributed by atoms with Gasteiger partial charge in [0.25, 0.3) is 0 Å². The second kappa shape index (κ2) is 4.01. The first-order valence-electron chi connectivity index (χ1n) is 3.41. The van der Waals surface area contributed by atoms with Gasteiger partial charge in [-0.15, -0.1) is 0 Å². The maximum absolute atomic E-state index is 10.9. The van der Waals surface area contributed by atoms with E-state index in [1.165, 1.54) is 18.3 Å². The Balaban J connectivity index is 2.42. The molecule has 0 amide bonds. The molecule has 1 aromatic rings. The summed E-state index contributed by atoms with van der Waals surface area (Å²) in [7, 11) is 0. The van der Waals surface area contributed by atoms with Crippen LogP contribution in [0.3, 0.4) is 0 Å². The van der Waals surface area contributed by atoms with E-state index in [0.717, 1.165) is 5.56 Å². The van der Waals surface area contributed by atoms with Crippen molar-refractivity contribution in [2.24, 2.45) is 0 Å². The second-order valence-electron chi connectivity index (χ2n) is 2.27. The quantitative estimate of drug-likeness (QED) is 0.515. The number of hydrogen-bond donors (Lipinski definition) is 0. The van der Waals surface area contributed by atoms with Crippen molar-refractivity contribution in [3.8, 4) is 0 Å². The first-order valence-corrected chi connectivity index (χ1v) is 4.35. The fourth-order valence-corrected chi connectivity index (χ4v) is 1.42. The van der Waals surface area contributed by atoms with Gasteiger partial charge in [-0.25, -0.2) is 0 Å². The molecule has 0 radical (unpaired) electrons. The minimum Gasteiger partial charge on any atom is -0.393 e. The SMILES string of the molecule is CC(=O)OC(=O)Cc1ccsc1. The largest absolute Gasteiger partial charge is 0.393 e. The van der Waals surface area contributed by atoms with Crippen LogP contribution in [0.1, 0.15) is 12.5 Å². The van der Waals surface area contributed by atoms with Gasteiger partial charge in [0.05, 0.1) is 6.42 Å². The highest BCUT2D eigenvalue weighted by Gasteiger charge is 2.06. The minimum absolute atomic E-state index is 0.170. The fraction of sp³-hybridized carbons (Fsp3) is 0.250. The van der Waals surface area contributed by atoms with Crippen LogP contribution < -0.4 is 0 Å². The first-order chi connectivity index (χ1) is 5.68. The fourth-order valence-electron chi connectivity index (χ4n) is 0.756. The van der Waals surface area contributed by atoms with Crippen molar-refractivity contribution in [3.63, 3.8) is 0 Å². The van der Waals surface area contributed by atoms with Crippen molar-refractivity contribution >= 4 is 23.3 Å². The van der Waals surface area contributed by atoms with E-state index in [-0.39, 0.29) is 6.42 Å². The van der Waals surface area contributed by atoms with Crippen molar-refractivity contribution in [2.75, 3.05) is 0 Å². The van der Waals surface area contributed by atoms with Crippen molar-refractivity contribution in [1.82, 2.24) is 0 Å². The summed E-state index contributed by atoms with van der Waals surface area (Å²) < 4.78 is 4.35. The zero-order valence-corrected chi connectivity index (χ0v) is 7.39. The molecule has 4 heteroatoms. The molecule has 0 aliphatic carbocycles. The Morgan fingerprint density at radius 3 is 2.83 bits per heavy atom. The van der Waals surface area contributed by atoms with Crippen molar-refractivity contribution in [3.05, 3.63) is 22.4 Å². The Morgan fingerprint density at radius 2 is 2.33 bits per heavy atom. The molecule has 0 aliphatic heterocycles. The molecule has 12 heavy (non-hydrogen) atoms. The van der Waals surface area contributed by atoms with E-state index >= 15 is 0 Å². The van der Waals surface area contributed by atoms with Crippen molar-refractivity contribution in [1.29, 1.82) is 0 Å². The van der Waals surface area contributed by atoms with Gasteiger partial charge >= 0.3 is 11.9 Å². The van der Waals surface area contributed by atoms with Crippen LogP contribution in [0.25, 0.3) is 0 Å². The van der Waals surface area contributed by atoms with Crippen LogP contribution in [0.4, 0.5) is 0 Å². The Labute approximate surface area is 74.0 Å². The molecule has 64 valence electrons. The average molecular weight is 184 g/mol. The van der Waals surface area contributed by atoms with Crippen LogP contribution in [0.15, 0.2) is 16.8 Å². The van der Waals surface area contributed by atoms with Crippen LogP contribution in [0.5, 0.6) is 0 Å². The Hall–Kier alpha value is -1.16.